The number of aromatic nitrogens is 2. The van der Waals surface area contributed by atoms with Gasteiger partial charge in [-0.1, -0.05) is 30.3 Å². The first-order valence-corrected chi connectivity index (χ1v) is 7.63. The van der Waals surface area contributed by atoms with Crippen molar-refractivity contribution in [2.75, 3.05) is 0 Å². The van der Waals surface area contributed by atoms with Gasteiger partial charge in [0.05, 0.1) is 18.1 Å². The van der Waals surface area contributed by atoms with E-state index in [2.05, 4.69) is 15.3 Å². The molecule has 0 aliphatic heterocycles. The van der Waals surface area contributed by atoms with E-state index in [4.69, 9.17) is 4.42 Å². The van der Waals surface area contributed by atoms with Crippen LogP contribution in [0.3, 0.4) is 0 Å². The first-order chi connectivity index (χ1) is 11.8. The molecule has 24 heavy (non-hydrogen) atoms. The molecule has 0 unspecified atom stereocenters. The van der Waals surface area contributed by atoms with Crippen LogP contribution in [0.2, 0.25) is 0 Å². The van der Waals surface area contributed by atoms with Crippen LogP contribution in [-0.4, -0.2) is 15.9 Å². The molecular weight excluding hydrogens is 302 g/mol. The Labute approximate surface area is 138 Å². The van der Waals surface area contributed by atoms with Gasteiger partial charge >= 0.3 is 0 Å². The number of nitrogens with one attached hydrogen (secondary N) is 2. The van der Waals surface area contributed by atoms with Gasteiger partial charge in [0.25, 0.3) is 5.91 Å². The van der Waals surface area contributed by atoms with Crippen molar-refractivity contribution in [2.24, 2.45) is 0 Å². The highest BCUT2D eigenvalue weighted by molar-refractivity contribution is 6.00. The van der Waals surface area contributed by atoms with Crippen molar-refractivity contribution in [2.45, 2.75) is 6.54 Å². The molecule has 0 aliphatic carbocycles. The normalized spacial score (nSPS) is 10.8. The summed E-state index contributed by atoms with van der Waals surface area (Å²) in [6, 6.07) is 13.5. The summed E-state index contributed by atoms with van der Waals surface area (Å²) in [5.41, 5.74) is 4.24. The molecule has 3 aromatic heterocycles. The maximum absolute atomic E-state index is 12.4. The number of nitrogens with zero attached hydrogens (tertiary/aromatic N) is 1. The number of pyridine rings is 1. The predicted octanol–water partition coefficient (Wildman–Crippen LogP) is 3.75. The molecule has 0 atom stereocenters. The molecule has 0 fully saturated rings. The third kappa shape index (κ3) is 2.67. The fourth-order valence-electron chi connectivity index (χ4n) is 2.66. The van der Waals surface area contributed by atoms with Crippen molar-refractivity contribution < 1.29 is 9.21 Å². The number of fused-ring (bicyclic) bond motifs is 1. The van der Waals surface area contributed by atoms with Crippen LogP contribution in [0.25, 0.3) is 22.2 Å². The zero-order valence-electron chi connectivity index (χ0n) is 12.8. The van der Waals surface area contributed by atoms with Gasteiger partial charge in [0.1, 0.15) is 5.65 Å². The molecule has 0 aliphatic rings. The van der Waals surface area contributed by atoms with Gasteiger partial charge in [-0.15, -0.1) is 0 Å². The summed E-state index contributed by atoms with van der Waals surface area (Å²) < 4.78 is 5.14. The number of benzene rings is 1. The number of carbonyl (C=O) groups excluding carboxylic acids is 1. The number of rotatable bonds is 4. The van der Waals surface area contributed by atoms with Crippen molar-refractivity contribution in [1.82, 2.24) is 15.3 Å². The monoisotopic (exact) mass is 317 g/mol. The average Bonchev–Trinajstić information content (AvgIpc) is 3.29. The largest absolute Gasteiger partial charge is 0.472 e. The van der Waals surface area contributed by atoms with Crippen LogP contribution in [0.5, 0.6) is 0 Å². The summed E-state index contributed by atoms with van der Waals surface area (Å²) in [7, 11) is 0. The van der Waals surface area contributed by atoms with Gasteiger partial charge in [-0.25, -0.2) is 4.98 Å². The van der Waals surface area contributed by atoms with Gasteiger partial charge in [0, 0.05) is 35.5 Å². The number of H-pyrrole nitrogens is 1. The first-order valence-electron chi connectivity index (χ1n) is 7.63. The minimum absolute atomic E-state index is 0.146. The van der Waals surface area contributed by atoms with Crippen molar-refractivity contribution in [1.29, 1.82) is 0 Å². The third-order valence-electron chi connectivity index (χ3n) is 3.92. The lowest BCUT2D eigenvalue weighted by Crippen LogP contribution is -2.22. The molecule has 2 N–H and O–H groups in total. The van der Waals surface area contributed by atoms with Gasteiger partial charge in [-0.2, -0.15) is 0 Å². The Hall–Kier alpha value is -3.34. The zero-order valence-corrected chi connectivity index (χ0v) is 12.8. The molecule has 3 heterocycles. The molecule has 0 spiro atoms. The molecule has 5 heteroatoms. The van der Waals surface area contributed by atoms with E-state index in [-0.39, 0.29) is 5.91 Å². The lowest BCUT2D eigenvalue weighted by molar-refractivity contribution is 0.0950. The molecule has 1 amide bonds. The third-order valence-corrected chi connectivity index (χ3v) is 3.92. The highest BCUT2D eigenvalue weighted by atomic mass is 16.3. The first kappa shape index (κ1) is 14.3. The van der Waals surface area contributed by atoms with Gasteiger partial charge in [0.15, 0.2) is 0 Å². The lowest BCUT2D eigenvalue weighted by Gasteiger charge is -2.05. The molecular formula is C19H15N3O2. The lowest BCUT2D eigenvalue weighted by atomic mass is 10.1. The van der Waals surface area contributed by atoms with Crippen LogP contribution in [0.1, 0.15) is 15.9 Å². The summed E-state index contributed by atoms with van der Waals surface area (Å²) in [5, 5.41) is 3.81. The Kier molecular flexibility index (Phi) is 3.59. The molecule has 0 radical (unpaired) electrons. The molecule has 118 valence electrons. The van der Waals surface area contributed by atoms with Gasteiger partial charge < -0.3 is 14.7 Å². The fraction of sp³-hybridized carbons (Fsp3) is 0.0526. The number of furan rings is 1. The Morgan fingerprint density at radius 1 is 1.21 bits per heavy atom. The smallest absolute Gasteiger partial charge is 0.253 e. The number of amides is 1. The van der Waals surface area contributed by atoms with E-state index >= 15 is 0 Å². The number of aromatic amines is 1. The maximum Gasteiger partial charge on any atom is 0.253 e. The Morgan fingerprint density at radius 3 is 2.88 bits per heavy atom. The summed E-state index contributed by atoms with van der Waals surface area (Å²) >= 11 is 0. The van der Waals surface area contributed by atoms with E-state index in [1.807, 2.05) is 48.7 Å². The Bertz CT molecular complexity index is 972. The topological polar surface area (TPSA) is 70.9 Å². The van der Waals surface area contributed by atoms with Crippen molar-refractivity contribution in [3.63, 3.8) is 0 Å². The molecule has 5 nitrogen and oxygen atoms in total. The summed E-state index contributed by atoms with van der Waals surface area (Å²) in [6.07, 6.45) is 6.75. The highest BCUT2D eigenvalue weighted by Gasteiger charge is 2.12. The van der Waals surface area contributed by atoms with Crippen LogP contribution >= 0.6 is 0 Å². The van der Waals surface area contributed by atoms with E-state index in [0.717, 1.165) is 27.7 Å². The molecule has 4 aromatic rings. The van der Waals surface area contributed by atoms with Crippen molar-refractivity contribution >= 4 is 16.9 Å². The molecule has 1 aromatic carbocycles. The van der Waals surface area contributed by atoms with Crippen LogP contribution in [0.15, 0.2) is 71.8 Å². The number of hydrogen-bond donors (Lipinski definition) is 2. The minimum Gasteiger partial charge on any atom is -0.472 e. The second-order valence-electron chi connectivity index (χ2n) is 5.50. The molecule has 0 saturated heterocycles. The predicted molar refractivity (Wildman–Crippen MR) is 91.4 cm³/mol. The Morgan fingerprint density at radius 2 is 2.08 bits per heavy atom. The van der Waals surface area contributed by atoms with Crippen LogP contribution in [0, 0.1) is 0 Å². The van der Waals surface area contributed by atoms with Crippen LogP contribution in [0.4, 0.5) is 0 Å². The molecule has 0 bridgehead atoms. The molecule has 4 rings (SSSR count). The van der Waals surface area contributed by atoms with Crippen molar-refractivity contribution in [3.8, 4) is 11.1 Å². The van der Waals surface area contributed by atoms with Gasteiger partial charge in [-0.05, 0) is 17.7 Å². The summed E-state index contributed by atoms with van der Waals surface area (Å²) in [4.78, 5) is 19.9. The van der Waals surface area contributed by atoms with E-state index in [1.165, 1.54) is 0 Å². The van der Waals surface area contributed by atoms with Crippen molar-refractivity contribution in [3.05, 3.63) is 78.5 Å². The van der Waals surface area contributed by atoms with Crippen LogP contribution in [-0.2, 0) is 6.54 Å². The van der Waals surface area contributed by atoms with Gasteiger partial charge in [0.2, 0.25) is 0 Å². The second kappa shape index (κ2) is 6.04. The quantitative estimate of drug-likeness (QED) is 0.602. The van der Waals surface area contributed by atoms with E-state index in [1.54, 1.807) is 18.7 Å². The van der Waals surface area contributed by atoms with Gasteiger partial charge in [-0.3, -0.25) is 4.79 Å². The molecule has 0 saturated carbocycles. The fourth-order valence-corrected chi connectivity index (χ4v) is 2.66. The summed E-state index contributed by atoms with van der Waals surface area (Å²) in [6.45, 7) is 0.486. The van der Waals surface area contributed by atoms with Crippen LogP contribution < -0.4 is 5.32 Å². The van der Waals surface area contributed by atoms with E-state index in [9.17, 15) is 4.79 Å². The number of hydrogen-bond acceptors (Lipinski definition) is 3. The average molecular weight is 317 g/mol. The SMILES string of the molecule is O=C(NCc1ccccc1)c1cnc2[nH]cc(-c3ccoc3)c2c1. The number of carbonyl (C=O) groups is 1. The van der Waals surface area contributed by atoms with E-state index < -0.39 is 0 Å². The standard InChI is InChI=1S/C19H15N3O2/c23-19(22-9-13-4-2-1-3-5-13)15-8-16-17(14-6-7-24-12-14)11-21-18(16)20-10-15/h1-8,10-12H,9H2,(H,20,21)(H,22,23). The summed E-state index contributed by atoms with van der Waals surface area (Å²) in [5.74, 6) is -0.146. The second-order valence-corrected chi connectivity index (χ2v) is 5.50. The van der Waals surface area contributed by atoms with E-state index in [0.29, 0.717) is 12.1 Å². The zero-order chi connectivity index (χ0) is 16.4. The minimum atomic E-state index is -0.146. The highest BCUT2D eigenvalue weighted by Crippen LogP contribution is 2.28. The maximum atomic E-state index is 12.4. The Balaban J connectivity index is 1.60.